The summed E-state index contributed by atoms with van der Waals surface area (Å²) >= 11 is 0. The molecule has 0 saturated carbocycles. The molecule has 1 N–H and O–H groups in total. The van der Waals surface area contributed by atoms with Gasteiger partial charge in [0.1, 0.15) is 11.8 Å². The maximum Gasteiger partial charge on any atom is 0.258 e. The number of carbonyl (C=O) groups is 2. The van der Waals surface area contributed by atoms with Crippen molar-refractivity contribution in [3.63, 3.8) is 0 Å². The number of nitrogens with one attached hydrogen (secondary N) is 1. The number of amides is 2. The van der Waals surface area contributed by atoms with Crippen molar-refractivity contribution in [2.24, 2.45) is 0 Å². The molecule has 0 unspecified atom stereocenters. The lowest BCUT2D eigenvalue weighted by Crippen LogP contribution is -2.46. The standard InChI is InChI=1S/C18H24N2O3/c1-13-9-5-4-8-12-19-17(21)14(2)20(3)18(22)15-10-6-7-11-16(15)23-13/h4-7,10-11,13-14H,8-9,12H2,1-3H3,(H,19,21)/b5-4+/t13-,14-/m1/s1. The summed E-state index contributed by atoms with van der Waals surface area (Å²) in [5, 5.41) is 2.86. The van der Waals surface area contributed by atoms with Gasteiger partial charge in [0.05, 0.1) is 11.7 Å². The van der Waals surface area contributed by atoms with Gasteiger partial charge in [0, 0.05) is 20.0 Å². The van der Waals surface area contributed by atoms with Crippen molar-refractivity contribution in [1.82, 2.24) is 10.2 Å². The smallest absolute Gasteiger partial charge is 0.258 e. The van der Waals surface area contributed by atoms with Crippen molar-refractivity contribution < 1.29 is 14.3 Å². The van der Waals surface area contributed by atoms with Gasteiger partial charge in [-0.1, -0.05) is 24.3 Å². The number of rotatable bonds is 0. The predicted molar refractivity (Wildman–Crippen MR) is 89.5 cm³/mol. The van der Waals surface area contributed by atoms with Crippen LogP contribution in [0.2, 0.25) is 0 Å². The average Bonchev–Trinajstić information content (AvgIpc) is 2.55. The summed E-state index contributed by atoms with van der Waals surface area (Å²) in [7, 11) is 1.64. The van der Waals surface area contributed by atoms with Crippen LogP contribution in [-0.4, -0.2) is 42.5 Å². The number of benzene rings is 1. The number of hydrogen-bond donors (Lipinski definition) is 1. The number of ether oxygens (including phenoxy) is 1. The van der Waals surface area contributed by atoms with E-state index in [1.807, 2.05) is 25.1 Å². The Bertz CT molecular complexity index is 598. The lowest BCUT2D eigenvalue weighted by molar-refractivity contribution is -0.124. The third-order valence-electron chi connectivity index (χ3n) is 3.97. The summed E-state index contributed by atoms with van der Waals surface area (Å²) in [6.07, 6.45) is 5.57. The van der Waals surface area contributed by atoms with Gasteiger partial charge in [-0.15, -0.1) is 0 Å². The zero-order chi connectivity index (χ0) is 16.8. The molecule has 0 radical (unpaired) electrons. The van der Waals surface area contributed by atoms with Gasteiger partial charge >= 0.3 is 0 Å². The number of nitrogens with zero attached hydrogens (tertiary/aromatic N) is 1. The van der Waals surface area contributed by atoms with E-state index < -0.39 is 6.04 Å². The Labute approximate surface area is 137 Å². The quantitative estimate of drug-likeness (QED) is 0.748. The van der Waals surface area contributed by atoms with Crippen molar-refractivity contribution in [3.8, 4) is 5.75 Å². The molecule has 1 aliphatic rings. The van der Waals surface area contributed by atoms with Crippen molar-refractivity contribution >= 4 is 11.8 Å². The molecule has 0 bridgehead atoms. The number of carbonyl (C=O) groups excluding carboxylic acids is 2. The van der Waals surface area contributed by atoms with Crippen LogP contribution in [0.4, 0.5) is 0 Å². The van der Waals surface area contributed by atoms with Crippen LogP contribution in [0.15, 0.2) is 36.4 Å². The van der Waals surface area contributed by atoms with Gasteiger partial charge in [-0.05, 0) is 32.4 Å². The highest BCUT2D eigenvalue weighted by atomic mass is 16.5. The SMILES string of the molecule is C[C@@H]1C/C=C/CCNC(=O)[C@@H](C)N(C)C(=O)c2ccccc2O1. The van der Waals surface area contributed by atoms with Crippen LogP contribution < -0.4 is 10.1 Å². The fraction of sp³-hybridized carbons (Fsp3) is 0.444. The minimum Gasteiger partial charge on any atom is -0.490 e. The Morgan fingerprint density at radius 2 is 1.91 bits per heavy atom. The average molecular weight is 316 g/mol. The van der Waals surface area contributed by atoms with Crippen LogP contribution >= 0.6 is 0 Å². The first kappa shape index (κ1) is 17.1. The monoisotopic (exact) mass is 316 g/mol. The molecule has 5 heteroatoms. The predicted octanol–water partition coefficient (Wildman–Crippen LogP) is 2.38. The first-order valence-corrected chi connectivity index (χ1v) is 7.96. The molecule has 1 aliphatic heterocycles. The molecule has 124 valence electrons. The second-order valence-electron chi connectivity index (χ2n) is 5.80. The highest BCUT2D eigenvalue weighted by molar-refractivity contribution is 5.99. The zero-order valence-corrected chi connectivity index (χ0v) is 13.9. The fourth-order valence-electron chi connectivity index (χ4n) is 2.38. The minimum atomic E-state index is -0.542. The van der Waals surface area contributed by atoms with E-state index >= 15 is 0 Å². The molecule has 0 aromatic heterocycles. The summed E-state index contributed by atoms with van der Waals surface area (Å²) in [6, 6.07) is 6.62. The molecule has 23 heavy (non-hydrogen) atoms. The summed E-state index contributed by atoms with van der Waals surface area (Å²) in [6.45, 7) is 4.26. The third kappa shape index (κ3) is 4.34. The number of fused-ring (bicyclic) bond motifs is 1. The van der Waals surface area contributed by atoms with E-state index in [0.29, 0.717) is 17.9 Å². The lowest BCUT2D eigenvalue weighted by Gasteiger charge is -2.26. The Hall–Kier alpha value is -2.30. The fourth-order valence-corrected chi connectivity index (χ4v) is 2.38. The summed E-state index contributed by atoms with van der Waals surface area (Å²) in [4.78, 5) is 26.3. The maximum atomic E-state index is 12.7. The molecular weight excluding hydrogens is 292 g/mol. The largest absolute Gasteiger partial charge is 0.490 e. The molecule has 0 saturated heterocycles. The highest BCUT2D eigenvalue weighted by Crippen LogP contribution is 2.22. The normalized spacial score (nSPS) is 24.9. The van der Waals surface area contributed by atoms with Gasteiger partial charge in [0.25, 0.3) is 5.91 Å². The first-order chi connectivity index (χ1) is 11.0. The van der Waals surface area contributed by atoms with Crippen molar-refractivity contribution in [2.75, 3.05) is 13.6 Å². The number of para-hydroxylation sites is 1. The van der Waals surface area contributed by atoms with E-state index in [1.165, 1.54) is 4.90 Å². The van der Waals surface area contributed by atoms with Crippen LogP contribution in [0, 0.1) is 0 Å². The van der Waals surface area contributed by atoms with E-state index in [1.54, 1.807) is 32.2 Å². The highest BCUT2D eigenvalue weighted by Gasteiger charge is 2.25. The molecule has 2 rings (SSSR count). The van der Waals surface area contributed by atoms with Crippen molar-refractivity contribution in [1.29, 1.82) is 0 Å². The number of hydrogen-bond acceptors (Lipinski definition) is 3. The van der Waals surface area contributed by atoms with Crippen molar-refractivity contribution in [3.05, 3.63) is 42.0 Å². The van der Waals surface area contributed by atoms with Gasteiger partial charge in [-0.3, -0.25) is 9.59 Å². The molecule has 2 amide bonds. The van der Waals surface area contributed by atoms with Gasteiger partial charge in [-0.25, -0.2) is 0 Å². The van der Waals surface area contributed by atoms with E-state index in [4.69, 9.17) is 4.74 Å². The minimum absolute atomic E-state index is 0.0274. The molecule has 0 spiro atoms. The topological polar surface area (TPSA) is 58.6 Å². The van der Waals surface area contributed by atoms with Gasteiger partial charge in [0.15, 0.2) is 0 Å². The van der Waals surface area contributed by atoms with Crippen LogP contribution in [0.1, 0.15) is 37.0 Å². The molecule has 1 aromatic carbocycles. The maximum absolute atomic E-state index is 12.7. The van der Waals surface area contributed by atoms with Crippen LogP contribution in [-0.2, 0) is 4.79 Å². The molecule has 1 heterocycles. The third-order valence-corrected chi connectivity index (χ3v) is 3.97. The molecule has 0 aliphatic carbocycles. The molecule has 2 atom stereocenters. The molecule has 5 nitrogen and oxygen atoms in total. The second-order valence-corrected chi connectivity index (χ2v) is 5.80. The van der Waals surface area contributed by atoms with Crippen molar-refractivity contribution in [2.45, 2.75) is 38.8 Å². The number of likely N-dealkylation sites (N-methyl/N-ethyl adjacent to an activating group) is 1. The Kier molecular flexibility index (Phi) is 5.79. The van der Waals surface area contributed by atoms with E-state index in [0.717, 1.165) is 12.8 Å². The van der Waals surface area contributed by atoms with Gasteiger partial charge < -0.3 is 15.0 Å². The molecular formula is C18H24N2O3. The van der Waals surface area contributed by atoms with Crippen LogP contribution in [0.3, 0.4) is 0 Å². The second kappa shape index (κ2) is 7.81. The molecule has 1 aromatic rings. The summed E-state index contributed by atoms with van der Waals surface area (Å²) in [5.41, 5.74) is 0.475. The van der Waals surface area contributed by atoms with Crippen LogP contribution in [0.5, 0.6) is 5.75 Å². The summed E-state index contributed by atoms with van der Waals surface area (Å²) in [5.74, 6) is 0.177. The first-order valence-electron chi connectivity index (χ1n) is 7.96. The van der Waals surface area contributed by atoms with E-state index in [9.17, 15) is 9.59 Å². The van der Waals surface area contributed by atoms with E-state index in [-0.39, 0.29) is 17.9 Å². The Morgan fingerprint density at radius 1 is 1.17 bits per heavy atom. The van der Waals surface area contributed by atoms with E-state index in [2.05, 4.69) is 5.32 Å². The van der Waals surface area contributed by atoms with Gasteiger partial charge in [-0.2, -0.15) is 0 Å². The van der Waals surface area contributed by atoms with Crippen LogP contribution in [0.25, 0.3) is 0 Å². The lowest BCUT2D eigenvalue weighted by atomic mass is 10.1. The van der Waals surface area contributed by atoms with Gasteiger partial charge in [0.2, 0.25) is 5.91 Å². The zero-order valence-electron chi connectivity index (χ0n) is 13.9. The Morgan fingerprint density at radius 3 is 2.70 bits per heavy atom. The summed E-state index contributed by atoms with van der Waals surface area (Å²) < 4.78 is 5.92. The molecule has 0 fully saturated rings. The Balaban J connectivity index is 2.32.